The molecule has 1 aliphatic carbocycles. The quantitative estimate of drug-likeness (QED) is 0.815. The maximum Gasteiger partial charge on any atom is 0.339 e. The number of urea groups is 1. The van der Waals surface area contributed by atoms with Crippen molar-refractivity contribution in [1.82, 2.24) is 10.8 Å². The molecule has 4 nitrogen and oxygen atoms in total. The van der Waals surface area contributed by atoms with Crippen LogP contribution in [0, 0.1) is 0 Å². The largest absolute Gasteiger partial charge is 0.339 e. The van der Waals surface area contributed by atoms with Crippen LogP contribution in [0.4, 0.5) is 4.79 Å². The molecule has 0 fully saturated rings. The summed E-state index contributed by atoms with van der Waals surface area (Å²) < 4.78 is 0. The molecule has 0 aromatic heterocycles. The summed E-state index contributed by atoms with van der Waals surface area (Å²) in [5.74, 6) is 0. The van der Waals surface area contributed by atoms with Gasteiger partial charge in [-0.2, -0.15) is 0 Å². The predicted octanol–water partition coefficient (Wildman–Crippen LogP) is 2.84. The van der Waals surface area contributed by atoms with Crippen LogP contribution >= 0.6 is 23.2 Å². The van der Waals surface area contributed by atoms with Gasteiger partial charge in [0.05, 0.1) is 23.2 Å². The maximum atomic E-state index is 11.4. The molecule has 6 heteroatoms. The first-order chi connectivity index (χ1) is 8.13. The van der Waals surface area contributed by atoms with E-state index in [1.165, 1.54) is 7.11 Å². The summed E-state index contributed by atoms with van der Waals surface area (Å²) in [6.07, 6.45) is 1.62. The Hall–Kier alpha value is -0.970. The molecule has 17 heavy (non-hydrogen) atoms. The van der Waals surface area contributed by atoms with E-state index in [1.807, 2.05) is 6.07 Å². The number of hydroxylamine groups is 1. The Kier molecular flexibility index (Phi) is 3.76. The highest BCUT2D eigenvalue weighted by Gasteiger charge is 2.26. The Balaban J connectivity index is 2.17. The lowest BCUT2D eigenvalue weighted by Crippen LogP contribution is -2.36. The Bertz CT molecular complexity index is 451. The lowest BCUT2D eigenvalue weighted by atomic mass is 10.1. The molecule has 1 aromatic carbocycles. The first-order valence-electron chi connectivity index (χ1n) is 5.19. The summed E-state index contributed by atoms with van der Waals surface area (Å²) in [5, 5.41) is 3.94. The van der Waals surface area contributed by atoms with Gasteiger partial charge in [0.25, 0.3) is 0 Å². The SMILES string of the molecule is CONC(=O)NC1CCc2c1ccc(Cl)c2Cl. The summed E-state index contributed by atoms with van der Waals surface area (Å²) >= 11 is 12.1. The molecule has 0 radical (unpaired) electrons. The molecule has 2 N–H and O–H groups in total. The number of amides is 2. The highest BCUT2D eigenvalue weighted by molar-refractivity contribution is 6.42. The third-order valence-corrected chi connectivity index (χ3v) is 3.63. The van der Waals surface area contributed by atoms with Gasteiger partial charge in [0.2, 0.25) is 0 Å². The van der Waals surface area contributed by atoms with Crippen LogP contribution in [0.15, 0.2) is 12.1 Å². The Morgan fingerprint density at radius 1 is 1.47 bits per heavy atom. The van der Waals surface area contributed by atoms with Crippen LogP contribution in [0.5, 0.6) is 0 Å². The fourth-order valence-electron chi connectivity index (χ4n) is 2.06. The van der Waals surface area contributed by atoms with E-state index in [0.29, 0.717) is 10.0 Å². The topological polar surface area (TPSA) is 50.4 Å². The van der Waals surface area contributed by atoms with Gasteiger partial charge in [-0.25, -0.2) is 10.3 Å². The van der Waals surface area contributed by atoms with Gasteiger partial charge in [-0.05, 0) is 30.0 Å². The van der Waals surface area contributed by atoms with Crippen molar-refractivity contribution in [2.45, 2.75) is 18.9 Å². The van der Waals surface area contributed by atoms with E-state index in [-0.39, 0.29) is 12.1 Å². The van der Waals surface area contributed by atoms with Crippen molar-refractivity contribution in [1.29, 1.82) is 0 Å². The zero-order valence-electron chi connectivity index (χ0n) is 9.22. The lowest BCUT2D eigenvalue weighted by molar-refractivity contribution is 0.106. The van der Waals surface area contributed by atoms with Gasteiger partial charge < -0.3 is 5.32 Å². The predicted molar refractivity (Wildman–Crippen MR) is 66.2 cm³/mol. The number of hydrogen-bond donors (Lipinski definition) is 2. The minimum Gasteiger partial charge on any atom is -0.330 e. The molecule has 1 atom stereocenters. The van der Waals surface area contributed by atoms with Crippen LogP contribution in [-0.2, 0) is 11.3 Å². The second kappa shape index (κ2) is 5.12. The number of carbonyl (C=O) groups excluding carboxylic acids is 1. The van der Waals surface area contributed by atoms with E-state index < -0.39 is 0 Å². The molecule has 1 unspecified atom stereocenters. The first-order valence-corrected chi connectivity index (χ1v) is 5.95. The van der Waals surface area contributed by atoms with Crippen molar-refractivity contribution in [2.75, 3.05) is 7.11 Å². The van der Waals surface area contributed by atoms with E-state index >= 15 is 0 Å². The summed E-state index contributed by atoms with van der Waals surface area (Å²) in [7, 11) is 1.39. The molecule has 0 saturated carbocycles. The highest BCUT2D eigenvalue weighted by Crippen LogP contribution is 2.38. The summed E-state index contributed by atoms with van der Waals surface area (Å²) in [5.41, 5.74) is 4.25. The van der Waals surface area contributed by atoms with E-state index in [4.69, 9.17) is 23.2 Å². The minimum absolute atomic E-state index is 0.0464. The number of benzene rings is 1. The highest BCUT2D eigenvalue weighted by atomic mass is 35.5. The zero-order chi connectivity index (χ0) is 12.4. The molecular formula is C11H12Cl2N2O2. The standard InChI is InChI=1S/C11H12Cl2N2O2/c1-17-15-11(16)14-9-5-3-7-6(9)2-4-8(12)10(7)13/h2,4,9H,3,5H2,1H3,(H2,14,15,16). The number of rotatable bonds is 2. The molecule has 0 spiro atoms. The summed E-state index contributed by atoms with van der Waals surface area (Å²) in [6.45, 7) is 0. The van der Waals surface area contributed by atoms with Gasteiger partial charge in [0.15, 0.2) is 0 Å². The van der Waals surface area contributed by atoms with E-state index in [0.717, 1.165) is 24.0 Å². The van der Waals surface area contributed by atoms with E-state index in [2.05, 4.69) is 15.6 Å². The fourth-order valence-corrected chi connectivity index (χ4v) is 2.51. The molecule has 0 heterocycles. The van der Waals surface area contributed by atoms with Gasteiger partial charge in [0.1, 0.15) is 0 Å². The van der Waals surface area contributed by atoms with Gasteiger partial charge in [0, 0.05) is 0 Å². The second-order valence-corrected chi connectivity index (χ2v) is 4.59. The Morgan fingerprint density at radius 2 is 2.24 bits per heavy atom. The molecule has 92 valence electrons. The minimum atomic E-state index is -0.364. The van der Waals surface area contributed by atoms with Crippen LogP contribution in [0.3, 0.4) is 0 Å². The second-order valence-electron chi connectivity index (χ2n) is 3.80. The van der Waals surface area contributed by atoms with Gasteiger partial charge >= 0.3 is 6.03 Å². The van der Waals surface area contributed by atoms with E-state index in [1.54, 1.807) is 6.07 Å². The Morgan fingerprint density at radius 3 is 2.94 bits per heavy atom. The van der Waals surface area contributed by atoms with Crippen LogP contribution in [0.1, 0.15) is 23.6 Å². The van der Waals surface area contributed by atoms with Gasteiger partial charge in [-0.1, -0.05) is 29.3 Å². The third-order valence-electron chi connectivity index (χ3n) is 2.79. The molecule has 0 aliphatic heterocycles. The number of nitrogens with one attached hydrogen (secondary N) is 2. The van der Waals surface area contributed by atoms with Crippen molar-refractivity contribution in [2.24, 2.45) is 0 Å². The van der Waals surface area contributed by atoms with Crippen molar-refractivity contribution >= 4 is 29.2 Å². The smallest absolute Gasteiger partial charge is 0.330 e. The molecule has 0 saturated heterocycles. The number of fused-ring (bicyclic) bond motifs is 1. The van der Waals surface area contributed by atoms with Gasteiger partial charge in [-0.15, -0.1) is 0 Å². The normalized spacial score (nSPS) is 17.7. The average molecular weight is 275 g/mol. The molecule has 1 aliphatic rings. The summed E-state index contributed by atoms with van der Waals surface area (Å²) in [4.78, 5) is 15.9. The fraction of sp³-hybridized carbons (Fsp3) is 0.364. The number of hydrogen-bond acceptors (Lipinski definition) is 2. The Labute approximate surface area is 109 Å². The van der Waals surface area contributed by atoms with Crippen LogP contribution in [0.2, 0.25) is 10.0 Å². The van der Waals surface area contributed by atoms with E-state index in [9.17, 15) is 4.79 Å². The monoisotopic (exact) mass is 274 g/mol. The molecule has 2 amide bonds. The molecular weight excluding hydrogens is 263 g/mol. The van der Waals surface area contributed by atoms with Crippen molar-refractivity contribution in [3.63, 3.8) is 0 Å². The lowest BCUT2D eigenvalue weighted by Gasteiger charge is -2.14. The van der Waals surface area contributed by atoms with Crippen LogP contribution < -0.4 is 10.8 Å². The molecule has 0 bridgehead atoms. The third kappa shape index (κ3) is 2.49. The van der Waals surface area contributed by atoms with Crippen LogP contribution in [0.25, 0.3) is 0 Å². The summed E-state index contributed by atoms with van der Waals surface area (Å²) in [6, 6.07) is 3.23. The molecule has 2 rings (SSSR count). The number of carbonyl (C=O) groups is 1. The van der Waals surface area contributed by atoms with Crippen LogP contribution in [-0.4, -0.2) is 13.1 Å². The zero-order valence-corrected chi connectivity index (χ0v) is 10.7. The first kappa shape index (κ1) is 12.5. The average Bonchev–Trinajstić information content (AvgIpc) is 2.68. The number of halogens is 2. The van der Waals surface area contributed by atoms with Crippen molar-refractivity contribution < 1.29 is 9.63 Å². The van der Waals surface area contributed by atoms with Crippen molar-refractivity contribution in [3.8, 4) is 0 Å². The maximum absolute atomic E-state index is 11.4. The molecule has 1 aromatic rings. The van der Waals surface area contributed by atoms with Crippen molar-refractivity contribution in [3.05, 3.63) is 33.3 Å². The van der Waals surface area contributed by atoms with Gasteiger partial charge in [-0.3, -0.25) is 4.84 Å².